The number of carbonyl (C=O) groups is 2. The molecule has 0 bridgehead atoms. The average molecular weight is 255 g/mol. The van der Waals surface area contributed by atoms with Gasteiger partial charge in [-0.3, -0.25) is 4.79 Å². The molecule has 1 atom stereocenters. The van der Waals surface area contributed by atoms with Gasteiger partial charge in [0.25, 0.3) is 0 Å². The summed E-state index contributed by atoms with van der Waals surface area (Å²) >= 11 is 0. The van der Waals surface area contributed by atoms with Gasteiger partial charge in [-0.05, 0) is 34.1 Å². The third-order valence-corrected chi connectivity index (χ3v) is 3.09. The summed E-state index contributed by atoms with van der Waals surface area (Å²) in [7, 11) is 0. The highest BCUT2D eigenvalue weighted by Gasteiger charge is 2.43. The van der Waals surface area contributed by atoms with E-state index in [0.717, 1.165) is 0 Å². The molecule has 1 heterocycles. The maximum absolute atomic E-state index is 11.9. The van der Waals surface area contributed by atoms with Crippen LogP contribution in [0.4, 0.5) is 4.79 Å². The van der Waals surface area contributed by atoms with Crippen molar-refractivity contribution in [2.45, 2.75) is 39.7 Å². The SMILES string of the molecule is C=C1CCN(C(=O)OC(C)(C)C)CC1(C)C(=O)O. The van der Waals surface area contributed by atoms with E-state index in [1.807, 2.05) is 0 Å². The third kappa shape index (κ3) is 3.03. The minimum atomic E-state index is -1.09. The molecule has 1 N–H and O–H groups in total. The second-order valence-corrected chi connectivity index (χ2v) is 5.89. The zero-order chi connectivity index (χ0) is 14.1. The van der Waals surface area contributed by atoms with Crippen LogP contribution in [-0.2, 0) is 9.53 Å². The van der Waals surface area contributed by atoms with Gasteiger partial charge in [0.1, 0.15) is 11.0 Å². The van der Waals surface area contributed by atoms with Crippen LogP contribution in [0.3, 0.4) is 0 Å². The Kier molecular flexibility index (Phi) is 3.74. The molecule has 0 aromatic rings. The topological polar surface area (TPSA) is 66.8 Å². The minimum Gasteiger partial charge on any atom is -0.481 e. The van der Waals surface area contributed by atoms with Crippen LogP contribution in [0.25, 0.3) is 0 Å². The quantitative estimate of drug-likeness (QED) is 0.730. The summed E-state index contributed by atoms with van der Waals surface area (Å²) in [5, 5.41) is 9.26. The molecule has 102 valence electrons. The van der Waals surface area contributed by atoms with E-state index in [9.17, 15) is 14.7 Å². The van der Waals surface area contributed by atoms with Gasteiger partial charge in [0.05, 0.1) is 0 Å². The number of nitrogens with zero attached hydrogens (tertiary/aromatic N) is 1. The molecule has 1 rings (SSSR count). The van der Waals surface area contributed by atoms with Gasteiger partial charge in [0.15, 0.2) is 0 Å². The van der Waals surface area contributed by atoms with Gasteiger partial charge in [-0.25, -0.2) is 4.79 Å². The number of hydrogen-bond acceptors (Lipinski definition) is 3. The van der Waals surface area contributed by atoms with Gasteiger partial charge in [-0.2, -0.15) is 0 Å². The van der Waals surface area contributed by atoms with Gasteiger partial charge in [-0.1, -0.05) is 12.2 Å². The Labute approximate surface area is 107 Å². The number of amides is 1. The molecule has 1 amide bonds. The van der Waals surface area contributed by atoms with E-state index >= 15 is 0 Å². The fraction of sp³-hybridized carbons (Fsp3) is 0.692. The second kappa shape index (κ2) is 4.63. The van der Waals surface area contributed by atoms with Crippen LogP contribution in [0, 0.1) is 5.41 Å². The monoisotopic (exact) mass is 255 g/mol. The number of ether oxygens (including phenoxy) is 1. The highest BCUT2D eigenvalue weighted by atomic mass is 16.6. The highest BCUT2D eigenvalue weighted by molar-refractivity contribution is 5.80. The number of piperidine rings is 1. The summed E-state index contributed by atoms with van der Waals surface area (Å²) < 4.78 is 5.25. The minimum absolute atomic E-state index is 0.107. The van der Waals surface area contributed by atoms with Crippen molar-refractivity contribution < 1.29 is 19.4 Å². The van der Waals surface area contributed by atoms with E-state index in [1.165, 1.54) is 4.90 Å². The van der Waals surface area contributed by atoms with E-state index in [4.69, 9.17) is 4.74 Å². The lowest BCUT2D eigenvalue weighted by Crippen LogP contribution is -2.50. The first-order valence-electron chi connectivity index (χ1n) is 5.96. The summed E-state index contributed by atoms with van der Waals surface area (Å²) in [5.74, 6) is -0.958. The van der Waals surface area contributed by atoms with Gasteiger partial charge in [0, 0.05) is 13.1 Å². The summed E-state index contributed by atoms with van der Waals surface area (Å²) in [6.07, 6.45) is 0.0182. The number of aliphatic carboxylic acids is 1. The van der Waals surface area contributed by atoms with Crippen molar-refractivity contribution in [2.24, 2.45) is 5.41 Å². The van der Waals surface area contributed by atoms with Gasteiger partial charge in [0.2, 0.25) is 0 Å². The van der Waals surface area contributed by atoms with Gasteiger partial charge < -0.3 is 14.7 Å². The summed E-state index contributed by atoms with van der Waals surface area (Å²) in [5.41, 5.74) is -1.02. The molecule has 0 aliphatic carbocycles. The smallest absolute Gasteiger partial charge is 0.410 e. The van der Waals surface area contributed by atoms with E-state index in [2.05, 4.69) is 6.58 Å². The van der Waals surface area contributed by atoms with E-state index in [-0.39, 0.29) is 6.54 Å². The van der Waals surface area contributed by atoms with Crippen LogP contribution in [0.5, 0.6) is 0 Å². The molecule has 1 aliphatic rings. The maximum atomic E-state index is 11.9. The lowest BCUT2D eigenvalue weighted by molar-refractivity contribution is -0.147. The van der Waals surface area contributed by atoms with Crippen LogP contribution in [0.15, 0.2) is 12.2 Å². The van der Waals surface area contributed by atoms with Crippen molar-refractivity contribution >= 4 is 12.1 Å². The molecule has 18 heavy (non-hydrogen) atoms. The molecule has 0 aromatic heterocycles. The van der Waals surface area contributed by atoms with Crippen molar-refractivity contribution in [1.82, 2.24) is 4.90 Å². The Hall–Kier alpha value is -1.52. The van der Waals surface area contributed by atoms with Gasteiger partial charge in [-0.15, -0.1) is 0 Å². The summed E-state index contributed by atoms with van der Waals surface area (Å²) in [4.78, 5) is 24.7. The van der Waals surface area contributed by atoms with Crippen molar-refractivity contribution in [3.05, 3.63) is 12.2 Å². The average Bonchev–Trinajstić information content (AvgIpc) is 2.19. The summed E-state index contributed by atoms with van der Waals surface area (Å²) in [6, 6.07) is 0. The van der Waals surface area contributed by atoms with Crippen LogP contribution in [0.2, 0.25) is 0 Å². The van der Waals surface area contributed by atoms with Crippen molar-refractivity contribution in [3.8, 4) is 0 Å². The molecule has 0 aromatic carbocycles. The Morgan fingerprint density at radius 2 is 2.00 bits per heavy atom. The first kappa shape index (κ1) is 14.5. The molecule has 1 fully saturated rings. The number of hydrogen-bond donors (Lipinski definition) is 1. The lowest BCUT2D eigenvalue weighted by Gasteiger charge is -2.39. The van der Waals surface area contributed by atoms with Crippen LogP contribution in [0.1, 0.15) is 34.1 Å². The molecular formula is C13H21NO4. The van der Waals surface area contributed by atoms with E-state index in [0.29, 0.717) is 18.5 Å². The predicted molar refractivity (Wildman–Crippen MR) is 67.3 cm³/mol. The first-order valence-corrected chi connectivity index (χ1v) is 5.96. The Morgan fingerprint density at radius 1 is 1.44 bits per heavy atom. The van der Waals surface area contributed by atoms with Crippen LogP contribution < -0.4 is 0 Å². The number of likely N-dealkylation sites (tertiary alicyclic amines) is 1. The maximum Gasteiger partial charge on any atom is 0.410 e. The standard InChI is InChI=1S/C13H21NO4/c1-9-6-7-14(8-13(9,5)10(15)16)11(17)18-12(2,3)4/h1,6-8H2,2-5H3,(H,15,16). The van der Waals surface area contributed by atoms with E-state index < -0.39 is 23.1 Å². The van der Waals surface area contributed by atoms with Crippen molar-refractivity contribution in [1.29, 1.82) is 0 Å². The van der Waals surface area contributed by atoms with E-state index in [1.54, 1.807) is 27.7 Å². The highest BCUT2D eigenvalue weighted by Crippen LogP contribution is 2.34. The molecule has 5 nitrogen and oxygen atoms in total. The zero-order valence-corrected chi connectivity index (χ0v) is 11.4. The Balaban J connectivity index is 2.80. The summed E-state index contributed by atoms with van der Waals surface area (Å²) in [6.45, 7) is 11.3. The second-order valence-electron chi connectivity index (χ2n) is 5.89. The fourth-order valence-electron chi connectivity index (χ4n) is 1.82. The largest absolute Gasteiger partial charge is 0.481 e. The van der Waals surface area contributed by atoms with Crippen LogP contribution in [-0.4, -0.2) is 40.8 Å². The third-order valence-electron chi connectivity index (χ3n) is 3.09. The molecule has 0 spiro atoms. The predicted octanol–water partition coefficient (Wildman–Crippen LogP) is 2.27. The molecule has 1 aliphatic heterocycles. The van der Waals surface area contributed by atoms with Crippen molar-refractivity contribution in [3.63, 3.8) is 0 Å². The zero-order valence-electron chi connectivity index (χ0n) is 11.4. The molecular weight excluding hydrogens is 234 g/mol. The van der Waals surface area contributed by atoms with Gasteiger partial charge >= 0.3 is 12.1 Å². The number of rotatable bonds is 1. The Bertz CT molecular complexity index is 383. The molecule has 0 radical (unpaired) electrons. The van der Waals surface area contributed by atoms with Crippen LogP contribution >= 0.6 is 0 Å². The number of carboxylic acids is 1. The number of carboxylic acid groups (broad SMARTS) is 1. The lowest BCUT2D eigenvalue weighted by atomic mass is 9.78. The molecule has 1 saturated heterocycles. The first-order chi connectivity index (χ1) is 8.06. The number of carbonyl (C=O) groups excluding carboxylic acids is 1. The fourth-order valence-corrected chi connectivity index (χ4v) is 1.82. The Morgan fingerprint density at radius 3 is 2.44 bits per heavy atom. The normalized spacial score (nSPS) is 24.9. The van der Waals surface area contributed by atoms with Crippen molar-refractivity contribution in [2.75, 3.05) is 13.1 Å². The molecule has 5 heteroatoms. The molecule has 1 unspecified atom stereocenters. The molecule has 0 saturated carbocycles.